The van der Waals surface area contributed by atoms with E-state index in [2.05, 4.69) is 0 Å². The lowest BCUT2D eigenvalue weighted by molar-refractivity contribution is -0.105. The van der Waals surface area contributed by atoms with Crippen molar-refractivity contribution in [3.63, 3.8) is 0 Å². The molecule has 0 spiro atoms. The van der Waals surface area contributed by atoms with E-state index in [9.17, 15) is 10.2 Å². The maximum atomic E-state index is 10.5. The number of aliphatic hydroxyl groups excluding tert-OH is 2. The van der Waals surface area contributed by atoms with Crippen LogP contribution in [0.2, 0.25) is 0 Å². The number of benzene rings is 2. The molecule has 2 unspecified atom stereocenters. The first kappa shape index (κ1) is 14.7. The maximum Gasteiger partial charge on any atom is 0.135 e. The third-order valence-electron chi connectivity index (χ3n) is 3.21. The van der Waals surface area contributed by atoms with Crippen molar-refractivity contribution in [1.82, 2.24) is 4.90 Å². The van der Waals surface area contributed by atoms with E-state index in [4.69, 9.17) is 5.73 Å². The summed E-state index contributed by atoms with van der Waals surface area (Å²) in [4.78, 5) is 1.57. The lowest BCUT2D eigenvalue weighted by Crippen LogP contribution is -2.36. The molecule has 4 nitrogen and oxygen atoms in total. The van der Waals surface area contributed by atoms with Gasteiger partial charge >= 0.3 is 0 Å². The van der Waals surface area contributed by atoms with Gasteiger partial charge in [0.05, 0.1) is 0 Å². The molecule has 0 bridgehead atoms. The Morgan fingerprint density at radius 3 is 1.55 bits per heavy atom. The lowest BCUT2D eigenvalue weighted by Gasteiger charge is -2.32. The Bertz CT molecular complexity index is 459. The first-order valence-electron chi connectivity index (χ1n) is 6.66. The Balaban J connectivity index is 2.22. The van der Waals surface area contributed by atoms with E-state index in [0.29, 0.717) is 13.1 Å². The van der Waals surface area contributed by atoms with E-state index in [1.54, 1.807) is 4.90 Å². The fourth-order valence-corrected chi connectivity index (χ4v) is 2.16. The van der Waals surface area contributed by atoms with Crippen LogP contribution in [-0.2, 0) is 0 Å². The van der Waals surface area contributed by atoms with Gasteiger partial charge in [0.15, 0.2) is 0 Å². The summed E-state index contributed by atoms with van der Waals surface area (Å²) in [6.07, 6.45) is -1.79. The summed E-state index contributed by atoms with van der Waals surface area (Å²) in [6.45, 7) is 0.750. The van der Waals surface area contributed by atoms with E-state index in [1.807, 2.05) is 60.7 Å². The molecule has 2 aromatic rings. The van der Waals surface area contributed by atoms with Crippen molar-refractivity contribution in [2.24, 2.45) is 5.73 Å². The summed E-state index contributed by atoms with van der Waals surface area (Å²) in [5, 5.41) is 20.9. The van der Waals surface area contributed by atoms with Crippen LogP contribution in [0, 0.1) is 0 Å². The van der Waals surface area contributed by atoms with E-state index in [-0.39, 0.29) is 0 Å². The molecule has 0 amide bonds. The van der Waals surface area contributed by atoms with Gasteiger partial charge in [0.1, 0.15) is 12.5 Å². The topological polar surface area (TPSA) is 69.7 Å². The largest absolute Gasteiger partial charge is 0.374 e. The van der Waals surface area contributed by atoms with Gasteiger partial charge in [0, 0.05) is 13.1 Å². The van der Waals surface area contributed by atoms with Crippen molar-refractivity contribution < 1.29 is 10.2 Å². The molecule has 0 saturated carbocycles. The lowest BCUT2D eigenvalue weighted by atomic mass is 10.1. The zero-order valence-corrected chi connectivity index (χ0v) is 11.3. The van der Waals surface area contributed by atoms with Crippen LogP contribution >= 0.6 is 0 Å². The number of rotatable bonds is 6. The summed E-state index contributed by atoms with van der Waals surface area (Å²) < 4.78 is 0. The quantitative estimate of drug-likeness (QED) is 0.699. The van der Waals surface area contributed by atoms with Gasteiger partial charge in [-0.1, -0.05) is 60.7 Å². The van der Waals surface area contributed by atoms with Gasteiger partial charge in [-0.05, 0) is 11.1 Å². The molecule has 0 heterocycles. The number of hydrogen-bond acceptors (Lipinski definition) is 4. The summed E-state index contributed by atoms with van der Waals surface area (Å²) in [5.74, 6) is 0. The summed E-state index contributed by atoms with van der Waals surface area (Å²) in [5.41, 5.74) is 7.06. The maximum absolute atomic E-state index is 10.5. The molecule has 0 aliphatic carbocycles. The van der Waals surface area contributed by atoms with Gasteiger partial charge in [-0.25, -0.2) is 4.90 Å². The highest BCUT2D eigenvalue weighted by molar-refractivity contribution is 5.20. The van der Waals surface area contributed by atoms with Crippen molar-refractivity contribution in [3.05, 3.63) is 71.8 Å². The normalized spacial score (nSPS) is 14.2. The molecule has 4 heteroatoms. The van der Waals surface area contributed by atoms with E-state index < -0.39 is 12.5 Å². The average Bonchev–Trinajstić information content (AvgIpc) is 2.53. The third kappa shape index (κ3) is 3.43. The Hall–Kier alpha value is -1.72. The molecule has 106 valence electrons. The van der Waals surface area contributed by atoms with E-state index >= 15 is 0 Å². The van der Waals surface area contributed by atoms with Crippen LogP contribution in [0.25, 0.3) is 0 Å². The first-order chi connectivity index (χ1) is 9.74. The number of nitrogens with two attached hydrogens (primary N) is 1. The van der Waals surface area contributed by atoms with Crippen LogP contribution in [0.5, 0.6) is 0 Å². The average molecular weight is 272 g/mol. The van der Waals surface area contributed by atoms with Crippen LogP contribution < -0.4 is 5.73 Å². The molecule has 0 saturated heterocycles. The minimum absolute atomic E-state index is 0.355. The van der Waals surface area contributed by atoms with Crippen LogP contribution in [0.3, 0.4) is 0 Å². The molecule has 0 aromatic heterocycles. The second-order valence-corrected chi connectivity index (χ2v) is 4.60. The molecule has 4 N–H and O–H groups in total. The van der Waals surface area contributed by atoms with Gasteiger partial charge in [-0.3, -0.25) is 0 Å². The fraction of sp³-hybridized carbons (Fsp3) is 0.250. The Morgan fingerprint density at radius 2 is 1.20 bits per heavy atom. The summed E-state index contributed by atoms with van der Waals surface area (Å²) in [6, 6.07) is 18.5. The highest BCUT2D eigenvalue weighted by Crippen LogP contribution is 2.26. The van der Waals surface area contributed by atoms with E-state index in [1.165, 1.54) is 0 Å². The molecular weight excluding hydrogens is 252 g/mol. The zero-order valence-electron chi connectivity index (χ0n) is 11.3. The highest BCUT2D eigenvalue weighted by atomic mass is 16.3. The van der Waals surface area contributed by atoms with Gasteiger partial charge in [-0.2, -0.15) is 0 Å². The van der Waals surface area contributed by atoms with E-state index in [0.717, 1.165) is 11.1 Å². The molecule has 2 aromatic carbocycles. The van der Waals surface area contributed by atoms with Crippen LogP contribution in [-0.4, -0.2) is 28.2 Å². The van der Waals surface area contributed by atoms with Crippen molar-refractivity contribution in [2.45, 2.75) is 12.5 Å². The van der Waals surface area contributed by atoms with Gasteiger partial charge in [0.25, 0.3) is 0 Å². The Labute approximate surface area is 119 Å². The van der Waals surface area contributed by atoms with Crippen LogP contribution in [0.4, 0.5) is 0 Å². The van der Waals surface area contributed by atoms with Crippen molar-refractivity contribution in [2.75, 3.05) is 13.1 Å². The third-order valence-corrected chi connectivity index (χ3v) is 3.21. The number of hydrogen-bond donors (Lipinski definition) is 3. The predicted molar refractivity (Wildman–Crippen MR) is 78.6 cm³/mol. The van der Waals surface area contributed by atoms with Crippen LogP contribution in [0.15, 0.2) is 60.7 Å². The minimum Gasteiger partial charge on any atom is -0.374 e. The fourth-order valence-electron chi connectivity index (χ4n) is 2.16. The first-order valence-corrected chi connectivity index (χ1v) is 6.66. The monoisotopic (exact) mass is 272 g/mol. The molecule has 2 rings (SSSR count). The standard InChI is InChI=1S/C16H20N2O2/c17-11-12-18(15(19)13-7-3-1-4-8-13)16(20)14-9-5-2-6-10-14/h1-10,15-16,19-20H,11-12,17H2. The SMILES string of the molecule is NCCN(C(O)c1ccccc1)C(O)c1ccccc1. The van der Waals surface area contributed by atoms with Crippen molar-refractivity contribution in [1.29, 1.82) is 0 Å². The molecular formula is C16H20N2O2. The van der Waals surface area contributed by atoms with Gasteiger partial charge in [0.2, 0.25) is 0 Å². The highest BCUT2D eigenvalue weighted by Gasteiger charge is 2.24. The smallest absolute Gasteiger partial charge is 0.135 e. The van der Waals surface area contributed by atoms with Gasteiger partial charge < -0.3 is 15.9 Å². The molecule has 20 heavy (non-hydrogen) atoms. The predicted octanol–water partition coefficient (Wildman–Crippen LogP) is 1.63. The molecule has 0 radical (unpaired) electrons. The van der Waals surface area contributed by atoms with Crippen molar-refractivity contribution >= 4 is 0 Å². The second kappa shape index (κ2) is 7.17. The molecule has 0 aliphatic rings. The summed E-state index contributed by atoms with van der Waals surface area (Å²) in [7, 11) is 0. The zero-order chi connectivity index (χ0) is 14.4. The molecule has 0 fully saturated rings. The Kier molecular flexibility index (Phi) is 5.26. The van der Waals surface area contributed by atoms with Crippen LogP contribution in [0.1, 0.15) is 23.6 Å². The number of aliphatic hydroxyl groups is 2. The molecule has 0 aliphatic heterocycles. The summed E-state index contributed by atoms with van der Waals surface area (Å²) >= 11 is 0. The molecule has 2 atom stereocenters. The van der Waals surface area contributed by atoms with Crippen molar-refractivity contribution in [3.8, 4) is 0 Å². The number of nitrogens with zero attached hydrogens (tertiary/aromatic N) is 1. The Morgan fingerprint density at radius 1 is 0.800 bits per heavy atom. The second-order valence-electron chi connectivity index (χ2n) is 4.60. The minimum atomic E-state index is -0.894. The van der Waals surface area contributed by atoms with Gasteiger partial charge in [-0.15, -0.1) is 0 Å².